The third kappa shape index (κ3) is 2.96. The van der Waals surface area contributed by atoms with Crippen molar-refractivity contribution in [1.82, 2.24) is 14.7 Å². The van der Waals surface area contributed by atoms with Gasteiger partial charge in [0, 0.05) is 26.3 Å². The maximum absolute atomic E-state index is 12.6. The summed E-state index contributed by atoms with van der Waals surface area (Å²) in [6.07, 6.45) is 6.25. The number of carbonyl (C=O) groups is 1. The number of methoxy groups -OCH3 is 1. The van der Waals surface area contributed by atoms with Crippen LogP contribution in [-0.2, 0) is 16.9 Å². The van der Waals surface area contributed by atoms with Crippen LogP contribution in [0.2, 0.25) is 0 Å². The number of hydrogen-bond acceptors (Lipinski definition) is 5. The monoisotopic (exact) mass is 341 g/mol. The minimum Gasteiger partial charge on any atom is -0.479 e. The lowest BCUT2D eigenvalue weighted by atomic mass is 10.0. The van der Waals surface area contributed by atoms with Gasteiger partial charge in [-0.15, -0.1) is 5.10 Å². The lowest BCUT2D eigenvalue weighted by Crippen LogP contribution is -2.58. The van der Waals surface area contributed by atoms with Crippen LogP contribution in [0.5, 0.6) is 5.88 Å². The summed E-state index contributed by atoms with van der Waals surface area (Å²) in [7, 11) is 0.0475. The van der Waals surface area contributed by atoms with Gasteiger partial charge in [0.05, 0.1) is 17.6 Å². The van der Waals surface area contributed by atoms with E-state index in [1.807, 2.05) is 0 Å². The van der Waals surface area contributed by atoms with Crippen LogP contribution >= 0.6 is 0 Å². The number of aryl methyl sites for hydroxylation is 1. The molecule has 2 heterocycles. The van der Waals surface area contributed by atoms with Crippen molar-refractivity contribution in [2.24, 2.45) is 7.05 Å². The fourth-order valence-electron chi connectivity index (χ4n) is 3.41. The number of likely N-dealkylation sites (tertiary alicyclic amines) is 1. The number of hydrogen-bond donors (Lipinski definition) is 0. The second kappa shape index (κ2) is 6.14. The summed E-state index contributed by atoms with van der Waals surface area (Å²) >= 11 is 0. The van der Waals surface area contributed by atoms with Gasteiger partial charge in [-0.25, -0.2) is 8.42 Å². The maximum atomic E-state index is 12.6. The molecular formula is C15H23N3O4S. The largest absolute Gasteiger partial charge is 0.479 e. The molecule has 1 aliphatic heterocycles. The van der Waals surface area contributed by atoms with Crippen LogP contribution in [0.3, 0.4) is 0 Å². The topological polar surface area (TPSA) is 81.5 Å². The molecule has 1 aliphatic carbocycles. The van der Waals surface area contributed by atoms with Crippen molar-refractivity contribution in [2.75, 3.05) is 20.2 Å². The molecule has 8 heteroatoms. The first-order valence-corrected chi connectivity index (χ1v) is 9.64. The van der Waals surface area contributed by atoms with Gasteiger partial charge in [-0.1, -0.05) is 19.3 Å². The minimum atomic E-state index is -3.13. The van der Waals surface area contributed by atoms with Gasteiger partial charge in [0.2, 0.25) is 5.88 Å². The summed E-state index contributed by atoms with van der Waals surface area (Å²) in [6.45, 7) is 0.547. The van der Waals surface area contributed by atoms with Crippen LogP contribution in [0.25, 0.3) is 0 Å². The highest BCUT2D eigenvalue weighted by atomic mass is 32.2. The first-order chi connectivity index (χ1) is 10.9. The molecule has 3 rings (SSSR count). The first kappa shape index (κ1) is 16.3. The number of rotatable bonds is 4. The van der Waals surface area contributed by atoms with Gasteiger partial charge in [-0.2, -0.15) is 0 Å². The van der Waals surface area contributed by atoms with Gasteiger partial charge in [-0.3, -0.25) is 9.48 Å². The standard InChI is InChI=1S/C15H23N3O4S/c1-17-10-13(14(16-17)22-2)15(19)18-8-12(9-18)23(20,21)11-6-4-3-5-7-11/h10-12H,3-9H2,1-2H3. The lowest BCUT2D eigenvalue weighted by Gasteiger charge is -2.40. The molecule has 23 heavy (non-hydrogen) atoms. The Bertz CT molecular complexity index is 686. The molecule has 0 radical (unpaired) electrons. The average molecular weight is 341 g/mol. The maximum Gasteiger partial charge on any atom is 0.261 e. The number of ether oxygens (including phenoxy) is 1. The van der Waals surface area contributed by atoms with E-state index >= 15 is 0 Å². The smallest absolute Gasteiger partial charge is 0.261 e. The normalized spacial score (nSPS) is 20.3. The van der Waals surface area contributed by atoms with Gasteiger partial charge in [0.25, 0.3) is 5.91 Å². The zero-order valence-corrected chi connectivity index (χ0v) is 14.4. The Kier molecular flexibility index (Phi) is 4.35. The Morgan fingerprint density at radius 3 is 2.48 bits per heavy atom. The van der Waals surface area contributed by atoms with Crippen molar-refractivity contribution in [1.29, 1.82) is 0 Å². The molecule has 0 bridgehead atoms. The number of carbonyl (C=O) groups excluding carboxylic acids is 1. The van der Waals surface area contributed by atoms with Crippen LogP contribution in [0.4, 0.5) is 0 Å². The predicted molar refractivity (Wildman–Crippen MR) is 85.2 cm³/mol. The highest BCUT2D eigenvalue weighted by molar-refractivity contribution is 7.92. The fourth-order valence-corrected chi connectivity index (χ4v) is 5.72. The summed E-state index contributed by atoms with van der Waals surface area (Å²) in [5, 5.41) is 3.43. The molecule has 0 unspecified atom stereocenters. The Labute approximate surface area is 136 Å². The van der Waals surface area contributed by atoms with E-state index in [4.69, 9.17) is 4.74 Å². The summed E-state index contributed by atoms with van der Waals surface area (Å²) in [4.78, 5) is 14.0. The minimum absolute atomic E-state index is 0.216. The van der Waals surface area contributed by atoms with Crippen LogP contribution in [-0.4, -0.2) is 59.7 Å². The summed E-state index contributed by atoms with van der Waals surface area (Å²) < 4.78 is 31.9. The predicted octanol–water partition coefficient (Wildman–Crippen LogP) is 1.00. The molecule has 0 aromatic carbocycles. The van der Waals surface area contributed by atoms with E-state index in [1.54, 1.807) is 18.1 Å². The fraction of sp³-hybridized carbons (Fsp3) is 0.733. The number of aromatic nitrogens is 2. The van der Waals surface area contributed by atoms with Crippen LogP contribution in [0.1, 0.15) is 42.5 Å². The quantitative estimate of drug-likeness (QED) is 0.816. The van der Waals surface area contributed by atoms with Crippen molar-refractivity contribution in [3.8, 4) is 5.88 Å². The van der Waals surface area contributed by atoms with E-state index in [2.05, 4.69) is 5.10 Å². The summed E-state index contributed by atoms with van der Waals surface area (Å²) in [5.74, 6) is 0.0566. The molecule has 0 atom stereocenters. The van der Waals surface area contributed by atoms with E-state index in [9.17, 15) is 13.2 Å². The van der Waals surface area contributed by atoms with Gasteiger partial charge in [0.15, 0.2) is 9.84 Å². The third-order valence-electron chi connectivity index (χ3n) is 4.84. The van der Waals surface area contributed by atoms with Crippen molar-refractivity contribution in [3.05, 3.63) is 11.8 Å². The number of amides is 1. The molecule has 1 aromatic rings. The molecule has 0 N–H and O–H groups in total. The number of sulfone groups is 1. The van der Waals surface area contributed by atoms with Crippen molar-refractivity contribution < 1.29 is 17.9 Å². The SMILES string of the molecule is COc1nn(C)cc1C(=O)N1CC(S(=O)(=O)C2CCCCC2)C1. The van der Waals surface area contributed by atoms with Crippen LogP contribution in [0, 0.1) is 0 Å². The van der Waals surface area contributed by atoms with Gasteiger partial charge < -0.3 is 9.64 Å². The molecule has 1 saturated heterocycles. The zero-order chi connectivity index (χ0) is 16.6. The van der Waals surface area contributed by atoms with E-state index < -0.39 is 15.1 Å². The first-order valence-electron chi connectivity index (χ1n) is 8.03. The Balaban J connectivity index is 1.65. The van der Waals surface area contributed by atoms with E-state index in [0.29, 0.717) is 5.56 Å². The molecule has 2 fully saturated rings. The Morgan fingerprint density at radius 2 is 1.87 bits per heavy atom. The van der Waals surface area contributed by atoms with Crippen molar-refractivity contribution in [2.45, 2.75) is 42.6 Å². The van der Waals surface area contributed by atoms with Gasteiger partial charge in [0.1, 0.15) is 5.56 Å². The molecule has 1 amide bonds. The van der Waals surface area contributed by atoms with Gasteiger partial charge in [-0.05, 0) is 12.8 Å². The summed E-state index contributed by atoms with van der Waals surface area (Å²) in [6, 6.07) is 0. The second-order valence-electron chi connectivity index (χ2n) is 6.41. The van der Waals surface area contributed by atoms with E-state index in [1.165, 1.54) is 11.8 Å². The highest BCUT2D eigenvalue weighted by Crippen LogP contribution is 2.31. The van der Waals surface area contributed by atoms with Crippen LogP contribution < -0.4 is 4.74 Å². The highest BCUT2D eigenvalue weighted by Gasteiger charge is 2.44. The third-order valence-corrected chi connectivity index (χ3v) is 7.46. The molecule has 7 nitrogen and oxygen atoms in total. The molecular weight excluding hydrogens is 318 g/mol. The van der Waals surface area contributed by atoms with E-state index in [0.717, 1.165) is 32.1 Å². The zero-order valence-electron chi connectivity index (χ0n) is 13.6. The Morgan fingerprint density at radius 1 is 1.22 bits per heavy atom. The molecule has 1 saturated carbocycles. The van der Waals surface area contributed by atoms with Crippen LogP contribution in [0.15, 0.2) is 6.20 Å². The van der Waals surface area contributed by atoms with Gasteiger partial charge >= 0.3 is 0 Å². The Hall–Kier alpha value is -1.57. The summed E-state index contributed by atoms with van der Waals surface area (Å²) in [5.41, 5.74) is 0.378. The van der Waals surface area contributed by atoms with E-state index in [-0.39, 0.29) is 30.1 Å². The van der Waals surface area contributed by atoms with Crippen molar-refractivity contribution in [3.63, 3.8) is 0 Å². The average Bonchev–Trinajstić information content (AvgIpc) is 2.87. The molecule has 2 aliphatic rings. The molecule has 128 valence electrons. The molecule has 1 aromatic heterocycles. The number of nitrogens with zero attached hydrogens (tertiary/aromatic N) is 3. The lowest BCUT2D eigenvalue weighted by molar-refractivity contribution is 0.0654. The second-order valence-corrected chi connectivity index (χ2v) is 8.92. The van der Waals surface area contributed by atoms with Crippen molar-refractivity contribution >= 4 is 15.7 Å². The molecule has 0 spiro atoms.